The highest BCUT2D eigenvalue weighted by Crippen LogP contribution is 2.24. The SMILES string of the molecule is Cc1cc(O)ccc1NC(C)c1nccnc1C. The van der Waals surface area contributed by atoms with Crippen molar-refractivity contribution in [2.24, 2.45) is 0 Å². The van der Waals surface area contributed by atoms with Crippen LogP contribution in [0.5, 0.6) is 5.75 Å². The highest BCUT2D eigenvalue weighted by molar-refractivity contribution is 5.54. The molecule has 2 rings (SSSR count). The van der Waals surface area contributed by atoms with E-state index in [2.05, 4.69) is 15.3 Å². The quantitative estimate of drug-likeness (QED) is 0.814. The Balaban J connectivity index is 2.21. The first-order valence-corrected chi connectivity index (χ1v) is 5.91. The van der Waals surface area contributed by atoms with Gasteiger partial charge in [0.2, 0.25) is 0 Å². The number of aryl methyl sites for hydroxylation is 2. The molecule has 1 aromatic heterocycles. The third-order valence-corrected chi connectivity index (χ3v) is 2.91. The number of nitrogens with zero attached hydrogens (tertiary/aromatic N) is 2. The first kappa shape index (κ1) is 12.4. The topological polar surface area (TPSA) is 58.0 Å². The average Bonchev–Trinajstić information content (AvgIpc) is 2.33. The summed E-state index contributed by atoms with van der Waals surface area (Å²) in [6.45, 7) is 5.95. The fourth-order valence-electron chi connectivity index (χ4n) is 1.95. The molecule has 0 fully saturated rings. The zero-order valence-electron chi connectivity index (χ0n) is 10.8. The zero-order valence-corrected chi connectivity index (χ0v) is 10.8. The molecular weight excluding hydrogens is 226 g/mol. The number of nitrogens with one attached hydrogen (secondary N) is 1. The Hall–Kier alpha value is -2.10. The van der Waals surface area contributed by atoms with E-state index in [-0.39, 0.29) is 11.8 Å². The molecule has 18 heavy (non-hydrogen) atoms. The number of phenols is 1. The van der Waals surface area contributed by atoms with Crippen LogP contribution in [0.4, 0.5) is 5.69 Å². The van der Waals surface area contributed by atoms with Gasteiger partial charge >= 0.3 is 0 Å². The van der Waals surface area contributed by atoms with Crippen molar-refractivity contribution in [3.05, 3.63) is 47.5 Å². The zero-order chi connectivity index (χ0) is 13.1. The van der Waals surface area contributed by atoms with E-state index in [1.165, 1.54) is 0 Å². The van der Waals surface area contributed by atoms with Gasteiger partial charge < -0.3 is 10.4 Å². The molecular formula is C14H17N3O. The van der Waals surface area contributed by atoms with Gasteiger partial charge in [-0.1, -0.05) is 0 Å². The number of aromatic nitrogens is 2. The maximum Gasteiger partial charge on any atom is 0.115 e. The summed E-state index contributed by atoms with van der Waals surface area (Å²) in [7, 11) is 0. The lowest BCUT2D eigenvalue weighted by molar-refractivity contribution is 0.475. The first-order chi connectivity index (χ1) is 8.58. The molecule has 0 amide bonds. The minimum Gasteiger partial charge on any atom is -0.508 e. The second kappa shape index (κ2) is 5.04. The van der Waals surface area contributed by atoms with Crippen LogP contribution in [0.15, 0.2) is 30.6 Å². The van der Waals surface area contributed by atoms with Crippen LogP contribution in [0.25, 0.3) is 0 Å². The van der Waals surface area contributed by atoms with Crippen molar-refractivity contribution in [3.8, 4) is 5.75 Å². The van der Waals surface area contributed by atoms with Crippen molar-refractivity contribution in [2.75, 3.05) is 5.32 Å². The number of hydrogen-bond acceptors (Lipinski definition) is 4. The number of phenolic OH excluding ortho intramolecular Hbond substituents is 1. The fraction of sp³-hybridized carbons (Fsp3) is 0.286. The molecule has 0 bridgehead atoms. The van der Waals surface area contributed by atoms with Gasteiger partial charge in [0.15, 0.2) is 0 Å². The molecule has 94 valence electrons. The summed E-state index contributed by atoms with van der Waals surface area (Å²) in [5.41, 5.74) is 3.85. The molecule has 1 unspecified atom stereocenters. The molecule has 1 atom stereocenters. The van der Waals surface area contributed by atoms with Crippen LogP contribution in [0.2, 0.25) is 0 Å². The van der Waals surface area contributed by atoms with E-state index in [9.17, 15) is 5.11 Å². The van der Waals surface area contributed by atoms with E-state index in [4.69, 9.17) is 0 Å². The summed E-state index contributed by atoms with van der Waals surface area (Å²) in [6, 6.07) is 5.35. The number of anilines is 1. The Labute approximate surface area is 107 Å². The molecule has 4 nitrogen and oxygen atoms in total. The molecule has 0 radical (unpaired) electrons. The van der Waals surface area contributed by atoms with Crippen molar-refractivity contribution < 1.29 is 5.11 Å². The summed E-state index contributed by atoms with van der Waals surface area (Å²) >= 11 is 0. The van der Waals surface area contributed by atoms with E-state index in [0.717, 1.165) is 22.6 Å². The second-order valence-corrected chi connectivity index (χ2v) is 4.39. The minimum absolute atomic E-state index is 0.0712. The Morgan fingerprint density at radius 2 is 1.89 bits per heavy atom. The van der Waals surface area contributed by atoms with Crippen LogP contribution in [0, 0.1) is 13.8 Å². The average molecular weight is 243 g/mol. The van der Waals surface area contributed by atoms with Gasteiger partial charge in [-0.05, 0) is 44.5 Å². The lowest BCUT2D eigenvalue weighted by Crippen LogP contribution is -2.11. The van der Waals surface area contributed by atoms with Crippen molar-refractivity contribution >= 4 is 5.69 Å². The van der Waals surface area contributed by atoms with Gasteiger partial charge in [-0.2, -0.15) is 0 Å². The number of rotatable bonds is 3. The van der Waals surface area contributed by atoms with Crippen LogP contribution in [0.3, 0.4) is 0 Å². The lowest BCUT2D eigenvalue weighted by atomic mass is 10.1. The standard InChI is InChI=1S/C14H17N3O/c1-9-8-12(18)4-5-13(9)17-11(3)14-10(2)15-6-7-16-14/h4-8,11,17-18H,1-3H3. The molecule has 1 heterocycles. The van der Waals surface area contributed by atoms with Crippen LogP contribution in [-0.2, 0) is 0 Å². The van der Waals surface area contributed by atoms with Gasteiger partial charge in [-0.15, -0.1) is 0 Å². The molecule has 2 N–H and O–H groups in total. The minimum atomic E-state index is 0.0712. The third-order valence-electron chi connectivity index (χ3n) is 2.91. The molecule has 0 saturated carbocycles. The van der Waals surface area contributed by atoms with E-state index in [1.807, 2.05) is 26.8 Å². The predicted octanol–water partition coefficient (Wildman–Crippen LogP) is 2.97. The van der Waals surface area contributed by atoms with Crippen molar-refractivity contribution in [1.82, 2.24) is 9.97 Å². The Morgan fingerprint density at radius 1 is 1.17 bits per heavy atom. The summed E-state index contributed by atoms with van der Waals surface area (Å²) in [4.78, 5) is 8.58. The molecule has 0 aliphatic heterocycles. The van der Waals surface area contributed by atoms with Crippen molar-refractivity contribution in [2.45, 2.75) is 26.8 Å². The molecule has 0 spiro atoms. The Kier molecular flexibility index (Phi) is 3.46. The Morgan fingerprint density at radius 3 is 2.56 bits per heavy atom. The highest BCUT2D eigenvalue weighted by Gasteiger charge is 2.11. The number of benzene rings is 1. The van der Waals surface area contributed by atoms with Gasteiger partial charge in [-0.3, -0.25) is 9.97 Å². The van der Waals surface area contributed by atoms with E-state index in [1.54, 1.807) is 24.5 Å². The van der Waals surface area contributed by atoms with Crippen molar-refractivity contribution in [1.29, 1.82) is 0 Å². The molecule has 0 aliphatic rings. The molecule has 0 saturated heterocycles. The summed E-state index contributed by atoms with van der Waals surface area (Å²) in [6.07, 6.45) is 3.39. The summed E-state index contributed by atoms with van der Waals surface area (Å²) in [5, 5.41) is 12.8. The number of hydrogen-bond donors (Lipinski definition) is 2. The van der Waals surface area contributed by atoms with E-state index in [0.29, 0.717) is 0 Å². The Bertz CT molecular complexity index is 554. The first-order valence-electron chi connectivity index (χ1n) is 5.91. The molecule has 2 aromatic rings. The predicted molar refractivity (Wildman–Crippen MR) is 71.7 cm³/mol. The maximum absolute atomic E-state index is 9.38. The van der Waals surface area contributed by atoms with Crippen LogP contribution >= 0.6 is 0 Å². The molecule has 0 aliphatic carbocycles. The van der Waals surface area contributed by atoms with Gasteiger partial charge in [0, 0.05) is 18.1 Å². The van der Waals surface area contributed by atoms with Crippen molar-refractivity contribution in [3.63, 3.8) is 0 Å². The molecule has 4 heteroatoms. The highest BCUT2D eigenvalue weighted by atomic mass is 16.3. The maximum atomic E-state index is 9.38. The second-order valence-electron chi connectivity index (χ2n) is 4.39. The van der Waals surface area contributed by atoms with E-state index >= 15 is 0 Å². The smallest absolute Gasteiger partial charge is 0.115 e. The van der Waals surface area contributed by atoms with Gasteiger partial charge in [0.05, 0.1) is 17.4 Å². The molecule has 1 aromatic carbocycles. The third kappa shape index (κ3) is 2.59. The van der Waals surface area contributed by atoms with Gasteiger partial charge in [0.1, 0.15) is 5.75 Å². The van der Waals surface area contributed by atoms with E-state index < -0.39 is 0 Å². The van der Waals surface area contributed by atoms with Crippen LogP contribution in [0.1, 0.15) is 29.9 Å². The van der Waals surface area contributed by atoms with Crippen LogP contribution in [-0.4, -0.2) is 15.1 Å². The summed E-state index contributed by atoms with van der Waals surface area (Å²) < 4.78 is 0. The van der Waals surface area contributed by atoms with Gasteiger partial charge in [-0.25, -0.2) is 0 Å². The normalized spacial score (nSPS) is 12.2. The fourth-order valence-corrected chi connectivity index (χ4v) is 1.95. The van der Waals surface area contributed by atoms with Crippen LogP contribution < -0.4 is 5.32 Å². The lowest BCUT2D eigenvalue weighted by Gasteiger charge is -2.17. The van der Waals surface area contributed by atoms with Gasteiger partial charge in [0.25, 0.3) is 0 Å². The largest absolute Gasteiger partial charge is 0.508 e. The monoisotopic (exact) mass is 243 g/mol. The summed E-state index contributed by atoms with van der Waals surface area (Å²) in [5.74, 6) is 0.279. The number of aromatic hydroxyl groups is 1.